The van der Waals surface area contributed by atoms with Crippen LogP contribution in [0.25, 0.3) is 0 Å². The molecule has 0 saturated heterocycles. The minimum absolute atomic E-state index is 0.0294. The molecule has 2 aromatic rings. The second kappa shape index (κ2) is 7.57. The first-order valence-corrected chi connectivity index (χ1v) is 8.75. The van der Waals surface area contributed by atoms with E-state index in [4.69, 9.17) is 0 Å². The third kappa shape index (κ3) is 4.85. The summed E-state index contributed by atoms with van der Waals surface area (Å²) in [4.78, 5) is 32.3. The summed E-state index contributed by atoms with van der Waals surface area (Å²) in [5.41, 5.74) is 0.217. The van der Waals surface area contributed by atoms with Crippen LogP contribution < -0.4 is 10.6 Å². The smallest absolute Gasteiger partial charge is 0.347 e. The second-order valence-electron chi connectivity index (χ2n) is 6.81. The maximum Gasteiger partial charge on any atom is 0.416 e. The predicted octanol–water partition coefficient (Wildman–Crippen LogP) is 3.39. The topological polar surface area (TPSA) is 84.0 Å². The number of aryl methyl sites for hydroxylation is 2. The molecule has 148 valence electrons. The van der Waals surface area contributed by atoms with Gasteiger partial charge in [-0.3, -0.25) is 14.9 Å². The number of carbonyl (C=O) groups excluding carboxylic acids is 2. The molecule has 28 heavy (non-hydrogen) atoms. The molecule has 0 aliphatic heterocycles. The van der Waals surface area contributed by atoms with Crippen LogP contribution in [-0.4, -0.2) is 21.8 Å². The number of aromatic nitrogens is 2. The maximum atomic E-state index is 13.0. The Labute approximate surface area is 159 Å². The zero-order valence-corrected chi connectivity index (χ0v) is 15.4. The molecule has 0 bridgehead atoms. The van der Waals surface area contributed by atoms with Gasteiger partial charge in [0.25, 0.3) is 5.91 Å². The van der Waals surface area contributed by atoms with Gasteiger partial charge in [-0.15, -0.1) is 0 Å². The van der Waals surface area contributed by atoms with Crippen molar-refractivity contribution in [3.63, 3.8) is 0 Å². The van der Waals surface area contributed by atoms with E-state index in [0.717, 1.165) is 18.9 Å². The molecule has 2 amide bonds. The zero-order chi connectivity index (χ0) is 20.5. The van der Waals surface area contributed by atoms with Gasteiger partial charge in [0.2, 0.25) is 11.9 Å². The van der Waals surface area contributed by atoms with Crippen molar-refractivity contribution in [2.24, 2.45) is 5.92 Å². The quantitative estimate of drug-likeness (QED) is 0.817. The predicted molar refractivity (Wildman–Crippen MR) is 95.5 cm³/mol. The number of alkyl halides is 3. The molecule has 1 aliphatic carbocycles. The molecule has 3 rings (SSSR count). The van der Waals surface area contributed by atoms with E-state index >= 15 is 0 Å². The number of anilines is 1. The molecule has 0 unspecified atom stereocenters. The third-order valence-corrected chi connectivity index (χ3v) is 4.33. The summed E-state index contributed by atoms with van der Waals surface area (Å²) in [5.74, 6) is -0.750. The van der Waals surface area contributed by atoms with Crippen LogP contribution in [0.15, 0.2) is 24.3 Å². The molecule has 0 radical (unpaired) electrons. The van der Waals surface area contributed by atoms with Gasteiger partial charge in [0.05, 0.1) is 5.56 Å². The van der Waals surface area contributed by atoms with Crippen LogP contribution in [0.4, 0.5) is 19.1 Å². The number of benzene rings is 1. The highest BCUT2D eigenvalue weighted by Gasteiger charge is 2.32. The lowest BCUT2D eigenvalue weighted by molar-refractivity contribution is -0.138. The summed E-state index contributed by atoms with van der Waals surface area (Å²) >= 11 is 0. The van der Waals surface area contributed by atoms with Crippen LogP contribution in [0.3, 0.4) is 0 Å². The van der Waals surface area contributed by atoms with E-state index < -0.39 is 17.6 Å². The summed E-state index contributed by atoms with van der Waals surface area (Å²) in [6.07, 6.45) is -2.81. The lowest BCUT2D eigenvalue weighted by atomic mass is 10.0. The average molecular weight is 392 g/mol. The van der Waals surface area contributed by atoms with Crippen molar-refractivity contribution in [2.45, 2.75) is 39.4 Å². The van der Waals surface area contributed by atoms with Crippen LogP contribution in [0.5, 0.6) is 0 Å². The molecule has 2 N–H and O–H groups in total. The Morgan fingerprint density at radius 2 is 1.86 bits per heavy atom. The highest BCUT2D eigenvalue weighted by atomic mass is 19.4. The molecule has 6 nitrogen and oxygen atoms in total. The Morgan fingerprint density at radius 1 is 1.14 bits per heavy atom. The highest BCUT2D eigenvalue weighted by Crippen LogP contribution is 2.32. The van der Waals surface area contributed by atoms with Crippen LogP contribution >= 0.6 is 0 Å². The molecule has 1 aromatic heterocycles. The summed E-state index contributed by atoms with van der Waals surface area (Å²) in [6.45, 7) is 2.95. The van der Waals surface area contributed by atoms with Crippen molar-refractivity contribution >= 4 is 17.8 Å². The second-order valence-corrected chi connectivity index (χ2v) is 6.81. The minimum atomic E-state index is -4.46. The van der Waals surface area contributed by atoms with Gasteiger partial charge < -0.3 is 5.32 Å². The maximum absolute atomic E-state index is 13.0. The van der Waals surface area contributed by atoms with Gasteiger partial charge in [-0.25, -0.2) is 9.97 Å². The minimum Gasteiger partial charge on any atom is -0.347 e. The molecule has 9 heteroatoms. The number of carbonyl (C=O) groups is 2. The highest BCUT2D eigenvalue weighted by molar-refractivity contribution is 5.95. The van der Waals surface area contributed by atoms with Crippen LogP contribution in [0, 0.1) is 19.8 Å². The number of amides is 2. The standard InChI is InChI=1S/C19H19F3N4O2/c1-10-3-4-12(8-14(10)19(20,21)22)9-23-17(28)15-7-11(2)24-18(25-15)26-16(27)13-5-6-13/h3-4,7-8,13H,5-6,9H2,1-2H3,(H,23,28)(H,24,25,26,27). The van der Waals surface area contributed by atoms with E-state index in [2.05, 4.69) is 20.6 Å². The van der Waals surface area contributed by atoms with Crippen molar-refractivity contribution in [1.29, 1.82) is 0 Å². The average Bonchev–Trinajstić information content (AvgIpc) is 3.44. The van der Waals surface area contributed by atoms with E-state index in [9.17, 15) is 22.8 Å². The van der Waals surface area contributed by atoms with E-state index in [0.29, 0.717) is 11.3 Å². The molecule has 0 atom stereocenters. The zero-order valence-electron chi connectivity index (χ0n) is 15.4. The molecule has 1 aromatic carbocycles. The molecule has 0 spiro atoms. The monoisotopic (exact) mass is 392 g/mol. The van der Waals surface area contributed by atoms with Gasteiger partial charge in [0, 0.05) is 18.2 Å². The van der Waals surface area contributed by atoms with E-state index in [1.165, 1.54) is 25.1 Å². The molecule has 1 aliphatic rings. The van der Waals surface area contributed by atoms with Gasteiger partial charge in [0.1, 0.15) is 5.69 Å². The van der Waals surface area contributed by atoms with E-state index in [1.807, 2.05) is 0 Å². The molecule has 1 heterocycles. The first kappa shape index (κ1) is 19.8. The number of nitrogens with zero attached hydrogens (tertiary/aromatic N) is 2. The Morgan fingerprint density at radius 3 is 2.50 bits per heavy atom. The van der Waals surface area contributed by atoms with E-state index in [-0.39, 0.29) is 35.6 Å². The van der Waals surface area contributed by atoms with Gasteiger partial charge in [-0.2, -0.15) is 13.2 Å². The largest absolute Gasteiger partial charge is 0.416 e. The third-order valence-electron chi connectivity index (χ3n) is 4.33. The van der Waals surface area contributed by atoms with Gasteiger partial charge in [0.15, 0.2) is 0 Å². The van der Waals surface area contributed by atoms with E-state index in [1.54, 1.807) is 6.92 Å². The van der Waals surface area contributed by atoms with Gasteiger partial charge in [-0.05, 0) is 49.9 Å². The summed E-state index contributed by atoms with van der Waals surface area (Å²) in [7, 11) is 0. The van der Waals surface area contributed by atoms with Gasteiger partial charge in [-0.1, -0.05) is 12.1 Å². The van der Waals surface area contributed by atoms with Crippen molar-refractivity contribution in [3.05, 3.63) is 52.3 Å². The van der Waals surface area contributed by atoms with Crippen molar-refractivity contribution in [2.75, 3.05) is 5.32 Å². The number of hydrogen-bond donors (Lipinski definition) is 2. The lowest BCUT2D eigenvalue weighted by Crippen LogP contribution is -2.25. The number of nitrogens with one attached hydrogen (secondary N) is 2. The summed E-state index contributed by atoms with van der Waals surface area (Å²) in [5, 5.41) is 5.12. The van der Waals surface area contributed by atoms with Crippen molar-refractivity contribution in [1.82, 2.24) is 15.3 Å². The van der Waals surface area contributed by atoms with Crippen molar-refractivity contribution < 1.29 is 22.8 Å². The lowest BCUT2D eigenvalue weighted by Gasteiger charge is -2.13. The van der Waals surface area contributed by atoms with Crippen LogP contribution in [-0.2, 0) is 17.5 Å². The number of rotatable bonds is 5. The normalized spacial score (nSPS) is 13.9. The van der Waals surface area contributed by atoms with Crippen molar-refractivity contribution in [3.8, 4) is 0 Å². The number of hydrogen-bond acceptors (Lipinski definition) is 4. The molecular weight excluding hydrogens is 373 g/mol. The fraction of sp³-hybridized carbons (Fsp3) is 0.368. The fourth-order valence-electron chi connectivity index (χ4n) is 2.66. The molecule has 1 fully saturated rings. The number of halogens is 3. The van der Waals surface area contributed by atoms with Crippen LogP contribution in [0.1, 0.15) is 45.7 Å². The Kier molecular flexibility index (Phi) is 5.35. The Bertz CT molecular complexity index is 924. The first-order chi connectivity index (χ1) is 13.1. The SMILES string of the molecule is Cc1cc(C(=O)NCc2ccc(C)c(C(F)(F)F)c2)nc(NC(=O)C2CC2)n1. The molecular formula is C19H19F3N4O2. The van der Waals surface area contributed by atoms with Crippen LogP contribution in [0.2, 0.25) is 0 Å². The van der Waals surface area contributed by atoms with Gasteiger partial charge >= 0.3 is 6.18 Å². The fourth-order valence-corrected chi connectivity index (χ4v) is 2.66. The Hall–Kier alpha value is -2.97. The Balaban J connectivity index is 1.69. The summed E-state index contributed by atoms with van der Waals surface area (Å²) < 4.78 is 39.0. The molecule has 1 saturated carbocycles. The summed E-state index contributed by atoms with van der Waals surface area (Å²) in [6, 6.07) is 5.35. The first-order valence-electron chi connectivity index (χ1n) is 8.75.